The van der Waals surface area contributed by atoms with Crippen LogP contribution in [-0.4, -0.2) is 23.6 Å². The highest BCUT2D eigenvalue weighted by Gasteiger charge is 2.02. The maximum atomic E-state index is 9.13. The summed E-state index contributed by atoms with van der Waals surface area (Å²) in [6.07, 6.45) is 5.16. The average Bonchev–Trinajstić information content (AvgIpc) is 2.22. The third-order valence-corrected chi connectivity index (χ3v) is 5.19. The molecule has 2 heteroatoms. The number of benzene rings is 1. The summed E-state index contributed by atoms with van der Waals surface area (Å²) in [7, 11) is 0.250. The maximum absolute atomic E-state index is 9.13. The minimum absolute atomic E-state index is 0.250. The van der Waals surface area contributed by atoms with E-state index in [-0.39, 0.29) is 7.92 Å². The SMILES string of the molecule is CCP(CC)CCc1ccc(O)cc1. The van der Waals surface area contributed by atoms with E-state index in [0.717, 1.165) is 6.42 Å². The highest BCUT2D eigenvalue weighted by molar-refractivity contribution is 7.57. The van der Waals surface area contributed by atoms with Crippen molar-refractivity contribution in [3.8, 4) is 5.75 Å². The van der Waals surface area contributed by atoms with E-state index >= 15 is 0 Å². The van der Waals surface area contributed by atoms with Crippen molar-refractivity contribution in [2.45, 2.75) is 20.3 Å². The molecule has 1 rings (SSSR count). The third-order valence-electron chi connectivity index (χ3n) is 2.55. The number of phenols is 1. The first-order valence-corrected chi connectivity index (χ1v) is 7.16. The van der Waals surface area contributed by atoms with Crippen molar-refractivity contribution >= 4 is 7.92 Å². The lowest BCUT2D eigenvalue weighted by atomic mass is 10.2. The molecule has 0 heterocycles. The minimum atomic E-state index is 0.250. The van der Waals surface area contributed by atoms with Crippen molar-refractivity contribution in [2.75, 3.05) is 18.5 Å². The zero-order valence-electron chi connectivity index (χ0n) is 9.03. The molecule has 78 valence electrons. The molecular weight excluding hydrogens is 191 g/mol. The van der Waals surface area contributed by atoms with E-state index in [4.69, 9.17) is 5.11 Å². The van der Waals surface area contributed by atoms with Crippen LogP contribution in [0.15, 0.2) is 24.3 Å². The Hall–Kier alpha value is -0.550. The Balaban J connectivity index is 2.41. The molecule has 0 radical (unpaired) electrons. The third kappa shape index (κ3) is 3.67. The van der Waals surface area contributed by atoms with E-state index < -0.39 is 0 Å². The van der Waals surface area contributed by atoms with Gasteiger partial charge in [-0.1, -0.05) is 26.0 Å². The van der Waals surface area contributed by atoms with Gasteiger partial charge in [0.05, 0.1) is 0 Å². The Morgan fingerprint density at radius 3 is 2.14 bits per heavy atom. The maximum Gasteiger partial charge on any atom is 0.115 e. The Morgan fingerprint density at radius 1 is 1.07 bits per heavy atom. The second-order valence-corrected chi connectivity index (χ2v) is 6.50. The normalized spacial score (nSPS) is 10.8. The van der Waals surface area contributed by atoms with Gasteiger partial charge < -0.3 is 5.11 Å². The van der Waals surface area contributed by atoms with Gasteiger partial charge in [0.15, 0.2) is 0 Å². The minimum Gasteiger partial charge on any atom is -0.508 e. The van der Waals surface area contributed by atoms with Crippen LogP contribution in [0.3, 0.4) is 0 Å². The fourth-order valence-electron chi connectivity index (χ4n) is 1.49. The average molecular weight is 210 g/mol. The van der Waals surface area contributed by atoms with Gasteiger partial charge in [0.1, 0.15) is 5.75 Å². The van der Waals surface area contributed by atoms with Gasteiger partial charge in [-0.15, -0.1) is 7.92 Å². The largest absolute Gasteiger partial charge is 0.508 e. The number of aryl methyl sites for hydroxylation is 1. The lowest BCUT2D eigenvalue weighted by Crippen LogP contribution is -1.94. The molecule has 0 saturated carbocycles. The van der Waals surface area contributed by atoms with Crippen LogP contribution >= 0.6 is 7.92 Å². The predicted octanol–water partition coefficient (Wildman–Crippen LogP) is 3.46. The fourth-order valence-corrected chi connectivity index (χ4v) is 3.14. The second kappa shape index (κ2) is 6.03. The molecule has 14 heavy (non-hydrogen) atoms. The van der Waals surface area contributed by atoms with E-state index in [0.29, 0.717) is 5.75 Å². The number of hydrogen-bond donors (Lipinski definition) is 1. The standard InChI is InChI=1S/C12H19OP/c1-3-14(4-2)10-9-11-5-7-12(13)8-6-11/h5-8,13H,3-4,9-10H2,1-2H3. The van der Waals surface area contributed by atoms with Crippen LogP contribution in [0.25, 0.3) is 0 Å². The first-order chi connectivity index (χ1) is 6.76. The van der Waals surface area contributed by atoms with Crippen molar-refractivity contribution in [1.29, 1.82) is 0 Å². The summed E-state index contributed by atoms with van der Waals surface area (Å²) in [4.78, 5) is 0. The van der Waals surface area contributed by atoms with E-state index in [1.54, 1.807) is 12.1 Å². The number of hydrogen-bond acceptors (Lipinski definition) is 1. The summed E-state index contributed by atoms with van der Waals surface area (Å²) in [6, 6.07) is 7.59. The molecule has 1 aromatic rings. The van der Waals surface area contributed by atoms with Crippen molar-refractivity contribution in [2.24, 2.45) is 0 Å². The van der Waals surface area contributed by atoms with Crippen molar-refractivity contribution in [1.82, 2.24) is 0 Å². The van der Waals surface area contributed by atoms with Gasteiger partial charge >= 0.3 is 0 Å². The lowest BCUT2D eigenvalue weighted by Gasteiger charge is -2.12. The molecule has 1 aromatic carbocycles. The molecule has 0 fully saturated rings. The van der Waals surface area contributed by atoms with E-state index in [1.165, 1.54) is 24.0 Å². The topological polar surface area (TPSA) is 20.2 Å². The van der Waals surface area contributed by atoms with Gasteiger partial charge in [0, 0.05) is 0 Å². The van der Waals surface area contributed by atoms with Crippen LogP contribution in [0.1, 0.15) is 19.4 Å². The van der Waals surface area contributed by atoms with Gasteiger partial charge in [-0.3, -0.25) is 0 Å². The molecule has 0 aliphatic heterocycles. The van der Waals surface area contributed by atoms with Gasteiger partial charge in [0.2, 0.25) is 0 Å². The summed E-state index contributed by atoms with van der Waals surface area (Å²) in [5.41, 5.74) is 1.34. The zero-order valence-corrected chi connectivity index (χ0v) is 9.93. The number of rotatable bonds is 5. The Bertz CT molecular complexity index is 252. The molecule has 0 atom stereocenters. The lowest BCUT2D eigenvalue weighted by molar-refractivity contribution is 0.475. The van der Waals surface area contributed by atoms with Crippen LogP contribution in [-0.2, 0) is 6.42 Å². The summed E-state index contributed by atoms with van der Waals surface area (Å²) < 4.78 is 0. The highest BCUT2D eigenvalue weighted by Crippen LogP contribution is 2.34. The first-order valence-electron chi connectivity index (χ1n) is 5.26. The Morgan fingerprint density at radius 2 is 1.64 bits per heavy atom. The Kier molecular flexibility index (Phi) is 4.97. The predicted molar refractivity (Wildman–Crippen MR) is 64.7 cm³/mol. The smallest absolute Gasteiger partial charge is 0.115 e. The van der Waals surface area contributed by atoms with E-state index in [1.807, 2.05) is 12.1 Å². The molecule has 0 spiro atoms. The van der Waals surface area contributed by atoms with Crippen molar-refractivity contribution < 1.29 is 5.11 Å². The first kappa shape index (κ1) is 11.5. The van der Waals surface area contributed by atoms with Gasteiger partial charge in [-0.25, -0.2) is 0 Å². The molecule has 0 aromatic heterocycles. The molecular formula is C12H19OP. The molecule has 0 unspecified atom stereocenters. The quantitative estimate of drug-likeness (QED) is 0.738. The van der Waals surface area contributed by atoms with Gasteiger partial charge in [0.25, 0.3) is 0 Å². The number of phenolic OH excluding ortho intramolecular Hbond substituents is 1. The molecule has 1 N–H and O–H groups in total. The molecule has 0 saturated heterocycles. The fraction of sp³-hybridized carbons (Fsp3) is 0.500. The molecule has 0 aliphatic carbocycles. The molecule has 0 amide bonds. The summed E-state index contributed by atoms with van der Waals surface area (Å²) >= 11 is 0. The van der Waals surface area contributed by atoms with E-state index in [2.05, 4.69) is 13.8 Å². The van der Waals surface area contributed by atoms with Crippen LogP contribution in [0.4, 0.5) is 0 Å². The molecule has 0 bridgehead atoms. The Labute approximate surface area is 87.9 Å². The van der Waals surface area contributed by atoms with Crippen LogP contribution in [0.2, 0.25) is 0 Å². The summed E-state index contributed by atoms with van der Waals surface area (Å²) in [6.45, 7) is 4.57. The summed E-state index contributed by atoms with van der Waals surface area (Å²) in [5.74, 6) is 0.363. The van der Waals surface area contributed by atoms with Crippen molar-refractivity contribution in [3.63, 3.8) is 0 Å². The van der Waals surface area contributed by atoms with Crippen molar-refractivity contribution in [3.05, 3.63) is 29.8 Å². The monoisotopic (exact) mass is 210 g/mol. The van der Waals surface area contributed by atoms with Crippen LogP contribution in [0, 0.1) is 0 Å². The van der Waals surface area contributed by atoms with Crippen LogP contribution in [0.5, 0.6) is 5.75 Å². The van der Waals surface area contributed by atoms with Crippen LogP contribution < -0.4 is 0 Å². The number of aromatic hydroxyl groups is 1. The highest BCUT2D eigenvalue weighted by atomic mass is 31.1. The second-order valence-electron chi connectivity index (χ2n) is 3.44. The zero-order chi connectivity index (χ0) is 10.4. The summed E-state index contributed by atoms with van der Waals surface area (Å²) in [5, 5.41) is 9.13. The van der Waals surface area contributed by atoms with Gasteiger partial charge in [-0.05, 0) is 42.6 Å². The molecule has 0 aliphatic rings. The van der Waals surface area contributed by atoms with E-state index in [9.17, 15) is 0 Å². The molecule has 1 nitrogen and oxygen atoms in total. The van der Waals surface area contributed by atoms with Gasteiger partial charge in [-0.2, -0.15) is 0 Å².